The molecule has 0 atom stereocenters. The number of halogens is 1. The Balaban J connectivity index is 1.62. The molecule has 1 fully saturated rings. The highest BCUT2D eigenvalue weighted by Crippen LogP contribution is 2.20. The molecule has 29 heavy (non-hydrogen) atoms. The third kappa shape index (κ3) is 5.35. The Labute approximate surface area is 175 Å². The summed E-state index contributed by atoms with van der Waals surface area (Å²) in [6.07, 6.45) is 3.78. The molecule has 3 rings (SSSR count). The summed E-state index contributed by atoms with van der Waals surface area (Å²) in [5, 5.41) is 0.501. The van der Waals surface area contributed by atoms with Gasteiger partial charge in [0.1, 0.15) is 0 Å². The Kier molecular flexibility index (Phi) is 6.89. The summed E-state index contributed by atoms with van der Waals surface area (Å²) in [5.41, 5.74) is 5.20. The lowest BCUT2D eigenvalue weighted by molar-refractivity contribution is 0.0846. The van der Waals surface area contributed by atoms with Crippen molar-refractivity contribution in [2.75, 3.05) is 13.1 Å². The van der Waals surface area contributed by atoms with Crippen LogP contribution in [-0.4, -0.2) is 37.6 Å². The van der Waals surface area contributed by atoms with E-state index in [9.17, 15) is 18.0 Å². The molecule has 1 aliphatic heterocycles. The van der Waals surface area contributed by atoms with Crippen LogP contribution in [0.15, 0.2) is 53.4 Å². The topological polar surface area (TPSA) is 95.6 Å². The minimum atomic E-state index is -3.57. The number of amides is 2. The fraction of sp³-hybridized carbons (Fsp3) is 0.300. The molecule has 7 nitrogen and oxygen atoms in total. The third-order valence-electron chi connectivity index (χ3n) is 4.72. The molecule has 1 saturated heterocycles. The maximum Gasteiger partial charge on any atom is 0.269 e. The normalized spacial score (nSPS) is 15.3. The highest BCUT2D eigenvalue weighted by atomic mass is 35.5. The maximum atomic E-state index is 12.8. The van der Waals surface area contributed by atoms with Crippen molar-refractivity contribution >= 4 is 33.4 Å². The summed E-state index contributed by atoms with van der Waals surface area (Å²) in [7, 11) is -3.57. The van der Waals surface area contributed by atoms with E-state index in [0.29, 0.717) is 23.7 Å². The first-order chi connectivity index (χ1) is 13.9. The van der Waals surface area contributed by atoms with E-state index in [1.165, 1.54) is 40.7 Å². The fourth-order valence-electron chi connectivity index (χ4n) is 3.07. The second-order valence-corrected chi connectivity index (χ2v) is 9.13. The Morgan fingerprint density at radius 3 is 1.69 bits per heavy atom. The smallest absolute Gasteiger partial charge is 0.267 e. The molecule has 0 aliphatic carbocycles. The Morgan fingerprint density at radius 2 is 1.21 bits per heavy atom. The number of nitrogens with zero attached hydrogens (tertiary/aromatic N) is 1. The molecule has 0 bridgehead atoms. The van der Waals surface area contributed by atoms with Crippen LogP contribution < -0.4 is 10.9 Å². The van der Waals surface area contributed by atoms with Crippen molar-refractivity contribution in [3.05, 3.63) is 64.7 Å². The summed E-state index contributed by atoms with van der Waals surface area (Å²) in [4.78, 5) is 24.4. The van der Waals surface area contributed by atoms with Gasteiger partial charge in [0.05, 0.1) is 4.90 Å². The summed E-state index contributed by atoms with van der Waals surface area (Å²) in [6, 6.07) is 11.9. The van der Waals surface area contributed by atoms with Gasteiger partial charge >= 0.3 is 0 Å². The van der Waals surface area contributed by atoms with Gasteiger partial charge in [-0.15, -0.1) is 0 Å². The van der Waals surface area contributed by atoms with Crippen LogP contribution in [0.25, 0.3) is 0 Å². The predicted octanol–water partition coefficient (Wildman–Crippen LogP) is 2.98. The zero-order chi connectivity index (χ0) is 20.9. The van der Waals surface area contributed by atoms with Gasteiger partial charge in [0.25, 0.3) is 11.8 Å². The van der Waals surface area contributed by atoms with Crippen molar-refractivity contribution in [1.29, 1.82) is 0 Å². The standard InChI is InChI=1S/C20H22ClN3O4S/c21-17-9-5-15(6-10-17)19(25)22-23-20(26)16-7-11-18(12-8-16)29(27,28)24-13-3-1-2-4-14-24/h5-12H,1-4,13-14H2,(H,22,25)(H,23,26). The van der Waals surface area contributed by atoms with E-state index in [1.54, 1.807) is 12.1 Å². The number of carbonyl (C=O) groups excluding carboxylic acids is 2. The van der Waals surface area contributed by atoms with Crippen LogP contribution in [0.4, 0.5) is 0 Å². The molecule has 2 aromatic carbocycles. The number of nitrogens with one attached hydrogen (secondary N) is 2. The highest BCUT2D eigenvalue weighted by molar-refractivity contribution is 7.89. The molecule has 0 aromatic heterocycles. The molecular weight excluding hydrogens is 414 g/mol. The van der Waals surface area contributed by atoms with Gasteiger partial charge in [-0.05, 0) is 61.4 Å². The molecule has 2 N–H and O–H groups in total. The molecule has 154 valence electrons. The van der Waals surface area contributed by atoms with E-state index in [-0.39, 0.29) is 10.5 Å². The number of hydrogen-bond donors (Lipinski definition) is 2. The molecule has 9 heteroatoms. The Bertz CT molecular complexity index is 968. The number of sulfonamides is 1. The Hall–Kier alpha value is -2.42. The average Bonchev–Trinajstić information content (AvgIpc) is 3.02. The van der Waals surface area contributed by atoms with Crippen molar-refractivity contribution in [2.45, 2.75) is 30.6 Å². The number of rotatable bonds is 4. The summed E-state index contributed by atoms with van der Waals surface area (Å²) >= 11 is 5.78. The first-order valence-corrected chi connectivity index (χ1v) is 11.2. The van der Waals surface area contributed by atoms with E-state index >= 15 is 0 Å². The molecule has 0 unspecified atom stereocenters. The van der Waals surface area contributed by atoms with E-state index < -0.39 is 21.8 Å². The Morgan fingerprint density at radius 1 is 0.759 bits per heavy atom. The minimum absolute atomic E-state index is 0.154. The van der Waals surface area contributed by atoms with Crippen molar-refractivity contribution in [2.24, 2.45) is 0 Å². The van der Waals surface area contributed by atoms with E-state index in [1.807, 2.05) is 0 Å². The number of carbonyl (C=O) groups is 2. The van der Waals surface area contributed by atoms with Gasteiger partial charge in [0.15, 0.2) is 0 Å². The lowest BCUT2D eigenvalue weighted by Crippen LogP contribution is -2.41. The molecule has 0 spiro atoms. The zero-order valence-corrected chi connectivity index (χ0v) is 17.3. The van der Waals surface area contributed by atoms with Gasteiger partial charge in [-0.2, -0.15) is 4.31 Å². The van der Waals surface area contributed by atoms with E-state index in [0.717, 1.165) is 25.7 Å². The molecule has 0 radical (unpaired) electrons. The molecule has 1 aliphatic rings. The van der Waals surface area contributed by atoms with E-state index in [2.05, 4.69) is 10.9 Å². The highest BCUT2D eigenvalue weighted by Gasteiger charge is 2.25. The second kappa shape index (κ2) is 9.39. The van der Waals surface area contributed by atoms with Crippen molar-refractivity contribution < 1.29 is 18.0 Å². The van der Waals surface area contributed by atoms with Gasteiger partial charge in [-0.1, -0.05) is 24.4 Å². The monoisotopic (exact) mass is 435 g/mol. The van der Waals surface area contributed by atoms with Gasteiger partial charge < -0.3 is 0 Å². The average molecular weight is 436 g/mol. The first-order valence-electron chi connectivity index (χ1n) is 9.34. The quantitative estimate of drug-likeness (QED) is 0.721. The van der Waals surface area contributed by atoms with Gasteiger partial charge in [-0.3, -0.25) is 20.4 Å². The predicted molar refractivity (Wildman–Crippen MR) is 110 cm³/mol. The van der Waals surface area contributed by atoms with Crippen molar-refractivity contribution in [1.82, 2.24) is 15.2 Å². The second-order valence-electron chi connectivity index (χ2n) is 6.76. The van der Waals surface area contributed by atoms with Gasteiger partial charge in [0, 0.05) is 29.2 Å². The number of hydrogen-bond acceptors (Lipinski definition) is 4. The largest absolute Gasteiger partial charge is 0.269 e. The maximum absolute atomic E-state index is 12.8. The fourth-order valence-corrected chi connectivity index (χ4v) is 4.71. The van der Waals surface area contributed by atoms with Crippen LogP contribution in [-0.2, 0) is 10.0 Å². The van der Waals surface area contributed by atoms with Crippen LogP contribution in [0, 0.1) is 0 Å². The summed E-state index contributed by atoms with van der Waals surface area (Å²) < 4.78 is 27.1. The van der Waals surface area contributed by atoms with E-state index in [4.69, 9.17) is 11.6 Å². The first kappa shape index (κ1) is 21.3. The number of benzene rings is 2. The third-order valence-corrected chi connectivity index (χ3v) is 6.88. The summed E-state index contributed by atoms with van der Waals surface area (Å²) in [5.74, 6) is -1.04. The lowest BCUT2D eigenvalue weighted by Gasteiger charge is -2.20. The van der Waals surface area contributed by atoms with Gasteiger partial charge in [0.2, 0.25) is 10.0 Å². The zero-order valence-electron chi connectivity index (χ0n) is 15.7. The van der Waals surface area contributed by atoms with Crippen LogP contribution in [0.5, 0.6) is 0 Å². The molecule has 2 amide bonds. The minimum Gasteiger partial charge on any atom is -0.267 e. The van der Waals surface area contributed by atoms with Crippen LogP contribution in [0.1, 0.15) is 46.4 Å². The van der Waals surface area contributed by atoms with Gasteiger partial charge in [-0.25, -0.2) is 8.42 Å². The number of hydrazine groups is 1. The molecule has 1 heterocycles. The van der Waals surface area contributed by atoms with Crippen molar-refractivity contribution in [3.63, 3.8) is 0 Å². The molecule has 0 saturated carbocycles. The van der Waals surface area contributed by atoms with Crippen LogP contribution >= 0.6 is 11.6 Å². The lowest BCUT2D eigenvalue weighted by atomic mass is 10.2. The van der Waals surface area contributed by atoms with Crippen molar-refractivity contribution in [3.8, 4) is 0 Å². The molecular formula is C20H22ClN3O4S. The van der Waals surface area contributed by atoms with Crippen LogP contribution in [0.3, 0.4) is 0 Å². The molecule has 2 aromatic rings. The SMILES string of the molecule is O=C(NNC(=O)c1ccc(S(=O)(=O)N2CCCCCC2)cc1)c1ccc(Cl)cc1. The summed E-state index contributed by atoms with van der Waals surface area (Å²) in [6.45, 7) is 1.03. The van der Waals surface area contributed by atoms with Crippen LogP contribution in [0.2, 0.25) is 5.02 Å².